The Kier molecular flexibility index (Phi) is 5.63. The van der Waals surface area contributed by atoms with Gasteiger partial charge in [-0.3, -0.25) is 9.59 Å². The van der Waals surface area contributed by atoms with Gasteiger partial charge < -0.3 is 10.6 Å². The second kappa shape index (κ2) is 7.91. The van der Waals surface area contributed by atoms with Crippen LogP contribution in [0.1, 0.15) is 6.42 Å². The molecule has 2 amide bonds. The molecule has 128 valence electrons. The number of nitrogens with zero attached hydrogens (tertiary/aromatic N) is 1. The van der Waals surface area contributed by atoms with Crippen LogP contribution >= 0.6 is 35.0 Å². The first-order valence-corrected chi connectivity index (χ1v) is 9.01. The number of para-hydroxylation sites is 1. The highest BCUT2D eigenvalue weighted by Gasteiger charge is 2.30. The van der Waals surface area contributed by atoms with E-state index in [4.69, 9.17) is 23.2 Å². The molecule has 8 heteroatoms. The molecule has 0 aromatic heterocycles. The van der Waals surface area contributed by atoms with Gasteiger partial charge in [0.05, 0.1) is 15.7 Å². The van der Waals surface area contributed by atoms with E-state index in [0.717, 1.165) is 0 Å². The van der Waals surface area contributed by atoms with E-state index < -0.39 is 5.25 Å². The van der Waals surface area contributed by atoms with Crippen molar-refractivity contribution in [2.75, 3.05) is 5.32 Å². The molecule has 0 unspecified atom stereocenters. The normalized spacial score (nSPS) is 18.7. The molecular weight excluding hydrogens is 381 g/mol. The lowest BCUT2D eigenvalue weighted by atomic mass is 10.2. The molecule has 1 aliphatic rings. The molecule has 25 heavy (non-hydrogen) atoms. The largest absolute Gasteiger partial charge is 0.325 e. The zero-order chi connectivity index (χ0) is 17.8. The van der Waals surface area contributed by atoms with Crippen molar-refractivity contribution in [3.63, 3.8) is 0 Å². The number of aliphatic imine (C=N–C) groups is 1. The average molecular weight is 394 g/mol. The highest BCUT2D eigenvalue weighted by Crippen LogP contribution is 2.27. The van der Waals surface area contributed by atoms with E-state index >= 15 is 0 Å². The lowest BCUT2D eigenvalue weighted by Gasteiger charge is -2.22. The summed E-state index contributed by atoms with van der Waals surface area (Å²) in [5, 5.41) is 6.01. The second-order valence-electron chi connectivity index (χ2n) is 5.23. The van der Waals surface area contributed by atoms with Gasteiger partial charge in [0.25, 0.3) is 0 Å². The highest BCUT2D eigenvalue weighted by atomic mass is 35.5. The van der Waals surface area contributed by atoms with Gasteiger partial charge in [-0.25, -0.2) is 4.99 Å². The molecule has 3 rings (SSSR count). The van der Waals surface area contributed by atoms with Gasteiger partial charge >= 0.3 is 0 Å². The SMILES string of the molecule is O=C1C[C@H](C(=O)Nc2ccc(Cl)c(Cl)c2)SC(=Nc2ccccc2)N1. The van der Waals surface area contributed by atoms with Gasteiger partial charge in [0.2, 0.25) is 11.8 Å². The summed E-state index contributed by atoms with van der Waals surface area (Å²) in [6.45, 7) is 0. The molecule has 2 N–H and O–H groups in total. The predicted octanol–water partition coefficient (Wildman–Crippen LogP) is 4.24. The van der Waals surface area contributed by atoms with Crippen molar-refractivity contribution < 1.29 is 9.59 Å². The number of thioether (sulfide) groups is 1. The minimum Gasteiger partial charge on any atom is -0.325 e. The number of amides is 2. The Labute approximate surface area is 158 Å². The number of rotatable bonds is 3. The van der Waals surface area contributed by atoms with Gasteiger partial charge in [-0.15, -0.1) is 0 Å². The molecule has 0 saturated carbocycles. The standard InChI is InChI=1S/C17H13Cl2N3O2S/c18-12-7-6-11(8-13(12)19)20-16(24)14-9-15(23)22-17(25-14)21-10-4-2-1-3-5-10/h1-8,14H,9H2,(H,20,24)(H,21,22,23)/t14-/m1/s1. The maximum absolute atomic E-state index is 12.5. The summed E-state index contributed by atoms with van der Waals surface area (Å²) in [7, 11) is 0. The van der Waals surface area contributed by atoms with E-state index in [1.807, 2.05) is 30.3 Å². The Morgan fingerprint density at radius 2 is 1.92 bits per heavy atom. The predicted molar refractivity (Wildman–Crippen MR) is 103 cm³/mol. The zero-order valence-corrected chi connectivity index (χ0v) is 15.2. The molecule has 0 aliphatic carbocycles. The summed E-state index contributed by atoms with van der Waals surface area (Å²) in [4.78, 5) is 28.7. The number of benzene rings is 2. The van der Waals surface area contributed by atoms with Gasteiger partial charge in [-0.05, 0) is 30.3 Å². The maximum Gasteiger partial charge on any atom is 0.238 e. The summed E-state index contributed by atoms with van der Waals surface area (Å²) >= 11 is 13.0. The lowest BCUT2D eigenvalue weighted by molar-refractivity contribution is -0.123. The Bertz CT molecular complexity index is 843. The number of nitrogens with one attached hydrogen (secondary N) is 2. The van der Waals surface area contributed by atoms with Crippen molar-refractivity contribution >= 4 is 63.3 Å². The smallest absolute Gasteiger partial charge is 0.238 e. The first kappa shape index (κ1) is 17.8. The summed E-state index contributed by atoms with van der Waals surface area (Å²) in [5.74, 6) is -0.540. The van der Waals surface area contributed by atoms with Crippen molar-refractivity contribution in [3.05, 3.63) is 58.6 Å². The van der Waals surface area contributed by atoms with Crippen molar-refractivity contribution in [2.45, 2.75) is 11.7 Å². The summed E-state index contributed by atoms with van der Waals surface area (Å²) in [6.07, 6.45) is 0.0750. The van der Waals surface area contributed by atoms with E-state index in [9.17, 15) is 9.59 Å². The number of amidine groups is 1. The number of hydrogen-bond donors (Lipinski definition) is 2. The molecule has 0 spiro atoms. The van der Waals surface area contributed by atoms with E-state index in [2.05, 4.69) is 15.6 Å². The minimum atomic E-state index is -0.578. The fourth-order valence-electron chi connectivity index (χ4n) is 2.16. The Morgan fingerprint density at radius 3 is 2.64 bits per heavy atom. The molecule has 0 bridgehead atoms. The van der Waals surface area contributed by atoms with Gasteiger partial charge in [-0.1, -0.05) is 53.2 Å². The minimum absolute atomic E-state index is 0.0750. The number of hydrogen-bond acceptors (Lipinski definition) is 4. The molecule has 1 heterocycles. The zero-order valence-electron chi connectivity index (χ0n) is 12.8. The fraction of sp³-hybridized carbons (Fsp3) is 0.118. The Hall–Kier alpha value is -2.02. The van der Waals surface area contributed by atoms with Crippen LogP contribution in [0.5, 0.6) is 0 Å². The van der Waals surface area contributed by atoms with Crippen LogP contribution in [-0.4, -0.2) is 22.2 Å². The third-order valence-corrected chi connectivity index (χ3v) is 5.16. The summed E-state index contributed by atoms with van der Waals surface area (Å²) < 4.78 is 0. The van der Waals surface area contributed by atoms with Gasteiger partial charge in [0.1, 0.15) is 5.25 Å². The molecule has 2 aromatic carbocycles. The second-order valence-corrected chi connectivity index (χ2v) is 7.24. The third-order valence-electron chi connectivity index (χ3n) is 3.34. The monoisotopic (exact) mass is 393 g/mol. The molecule has 1 aliphatic heterocycles. The van der Waals surface area contributed by atoms with Crippen molar-refractivity contribution in [2.24, 2.45) is 4.99 Å². The Morgan fingerprint density at radius 1 is 1.16 bits per heavy atom. The van der Waals surface area contributed by atoms with Crippen molar-refractivity contribution in [3.8, 4) is 0 Å². The molecule has 1 atom stereocenters. The number of carbonyl (C=O) groups excluding carboxylic acids is 2. The van der Waals surface area contributed by atoms with Crippen LogP contribution < -0.4 is 10.6 Å². The first-order valence-electron chi connectivity index (χ1n) is 7.37. The fourth-order valence-corrected chi connectivity index (χ4v) is 3.46. The summed E-state index contributed by atoms with van der Waals surface area (Å²) in [5.41, 5.74) is 1.23. The van der Waals surface area contributed by atoms with E-state index in [1.54, 1.807) is 18.2 Å². The van der Waals surface area contributed by atoms with E-state index in [0.29, 0.717) is 26.6 Å². The van der Waals surface area contributed by atoms with Crippen LogP contribution in [0.3, 0.4) is 0 Å². The van der Waals surface area contributed by atoms with E-state index in [1.165, 1.54) is 11.8 Å². The van der Waals surface area contributed by atoms with Crippen LogP contribution in [0.25, 0.3) is 0 Å². The average Bonchev–Trinajstić information content (AvgIpc) is 2.58. The molecular formula is C17H13Cl2N3O2S. The van der Waals surface area contributed by atoms with Crippen LogP contribution in [0.15, 0.2) is 53.5 Å². The van der Waals surface area contributed by atoms with Crippen LogP contribution in [0.2, 0.25) is 10.0 Å². The molecule has 2 aromatic rings. The summed E-state index contributed by atoms with van der Waals surface area (Å²) in [6, 6.07) is 14.0. The molecule has 1 fully saturated rings. The quantitative estimate of drug-likeness (QED) is 0.818. The van der Waals surface area contributed by atoms with Crippen LogP contribution in [0.4, 0.5) is 11.4 Å². The molecule has 0 radical (unpaired) electrons. The third kappa shape index (κ3) is 4.75. The number of carbonyl (C=O) groups is 2. The van der Waals surface area contributed by atoms with E-state index in [-0.39, 0.29) is 18.2 Å². The van der Waals surface area contributed by atoms with Crippen molar-refractivity contribution in [1.82, 2.24) is 5.32 Å². The maximum atomic E-state index is 12.5. The van der Waals surface area contributed by atoms with Gasteiger partial charge in [0.15, 0.2) is 5.17 Å². The molecule has 5 nitrogen and oxygen atoms in total. The van der Waals surface area contributed by atoms with Crippen LogP contribution in [-0.2, 0) is 9.59 Å². The number of anilines is 1. The Balaban J connectivity index is 1.72. The molecule has 1 saturated heterocycles. The number of halogens is 2. The highest BCUT2D eigenvalue weighted by molar-refractivity contribution is 8.15. The topological polar surface area (TPSA) is 70.6 Å². The first-order chi connectivity index (χ1) is 12.0. The van der Waals surface area contributed by atoms with Gasteiger partial charge in [-0.2, -0.15) is 0 Å². The lowest BCUT2D eigenvalue weighted by Crippen LogP contribution is -2.41. The van der Waals surface area contributed by atoms with Gasteiger partial charge in [0, 0.05) is 12.1 Å². The van der Waals surface area contributed by atoms with Crippen LogP contribution in [0, 0.1) is 0 Å². The van der Waals surface area contributed by atoms with Crippen molar-refractivity contribution in [1.29, 1.82) is 0 Å².